The van der Waals surface area contributed by atoms with Crippen LogP contribution in [0.5, 0.6) is 5.75 Å². The third-order valence-electron chi connectivity index (χ3n) is 3.79. The zero-order valence-electron chi connectivity index (χ0n) is 12.4. The van der Waals surface area contributed by atoms with Gasteiger partial charge in [-0.3, -0.25) is 4.79 Å². The largest absolute Gasteiger partial charge is 0.496 e. The molecule has 1 atom stereocenters. The van der Waals surface area contributed by atoms with Crippen LogP contribution in [0.4, 0.5) is 0 Å². The van der Waals surface area contributed by atoms with E-state index in [-0.39, 0.29) is 11.9 Å². The highest BCUT2D eigenvalue weighted by atomic mass is 16.5. The van der Waals surface area contributed by atoms with Gasteiger partial charge >= 0.3 is 0 Å². The Morgan fingerprint density at radius 3 is 2.85 bits per heavy atom. The molecule has 110 valence electrons. The van der Waals surface area contributed by atoms with Gasteiger partial charge in [0.15, 0.2) is 0 Å². The van der Waals surface area contributed by atoms with Gasteiger partial charge in [0, 0.05) is 25.1 Å². The van der Waals surface area contributed by atoms with Crippen LogP contribution in [0.2, 0.25) is 0 Å². The molecule has 20 heavy (non-hydrogen) atoms. The second-order valence-electron chi connectivity index (χ2n) is 5.15. The first-order valence-corrected chi connectivity index (χ1v) is 7.40. The molecule has 1 heterocycles. The van der Waals surface area contributed by atoms with Gasteiger partial charge in [0.05, 0.1) is 13.2 Å². The summed E-state index contributed by atoms with van der Waals surface area (Å²) in [6, 6.07) is 8.15. The quantitative estimate of drug-likeness (QED) is 0.867. The highest BCUT2D eigenvalue weighted by Crippen LogP contribution is 2.26. The predicted molar refractivity (Wildman–Crippen MR) is 79.8 cm³/mol. The standard InChI is InChI=1S/C16H24N2O2/c1-3-17-14(12-18-11-7-6-10-16(18)19)13-8-4-5-9-15(13)20-2/h4-5,8-9,14,17H,3,6-7,10-12H2,1-2H3. The van der Waals surface area contributed by atoms with Crippen molar-refractivity contribution in [3.63, 3.8) is 0 Å². The lowest BCUT2D eigenvalue weighted by atomic mass is 10.0. The predicted octanol–water partition coefficient (Wildman–Crippen LogP) is 2.36. The maximum Gasteiger partial charge on any atom is 0.222 e. The van der Waals surface area contributed by atoms with Crippen molar-refractivity contribution in [2.24, 2.45) is 0 Å². The summed E-state index contributed by atoms with van der Waals surface area (Å²) in [7, 11) is 1.69. The summed E-state index contributed by atoms with van der Waals surface area (Å²) in [6.45, 7) is 4.54. The van der Waals surface area contributed by atoms with Crippen LogP contribution in [0.25, 0.3) is 0 Å². The average Bonchev–Trinajstić information content (AvgIpc) is 2.49. The Morgan fingerprint density at radius 1 is 1.35 bits per heavy atom. The van der Waals surface area contributed by atoms with Crippen molar-refractivity contribution in [1.29, 1.82) is 0 Å². The zero-order chi connectivity index (χ0) is 14.4. The molecular weight excluding hydrogens is 252 g/mol. The van der Waals surface area contributed by atoms with E-state index in [1.54, 1.807) is 7.11 Å². The number of amides is 1. The van der Waals surface area contributed by atoms with E-state index in [4.69, 9.17) is 4.74 Å². The van der Waals surface area contributed by atoms with E-state index in [2.05, 4.69) is 18.3 Å². The molecule has 1 fully saturated rings. The van der Waals surface area contributed by atoms with Crippen LogP contribution in [0, 0.1) is 0 Å². The van der Waals surface area contributed by atoms with E-state index < -0.39 is 0 Å². The maximum absolute atomic E-state index is 12.0. The highest BCUT2D eigenvalue weighted by molar-refractivity contribution is 5.76. The maximum atomic E-state index is 12.0. The second-order valence-corrected chi connectivity index (χ2v) is 5.15. The van der Waals surface area contributed by atoms with E-state index in [9.17, 15) is 4.79 Å². The molecule has 4 heteroatoms. The molecule has 0 spiro atoms. The molecule has 1 aromatic carbocycles. The summed E-state index contributed by atoms with van der Waals surface area (Å²) in [5.74, 6) is 1.15. The van der Waals surface area contributed by atoms with E-state index in [0.717, 1.165) is 37.2 Å². The SMILES string of the molecule is CCNC(CN1CCCCC1=O)c1ccccc1OC. The van der Waals surface area contributed by atoms with Crippen molar-refractivity contribution in [3.8, 4) is 5.75 Å². The summed E-state index contributed by atoms with van der Waals surface area (Å²) >= 11 is 0. The number of hydrogen-bond acceptors (Lipinski definition) is 3. The lowest BCUT2D eigenvalue weighted by Crippen LogP contribution is -2.41. The number of likely N-dealkylation sites (N-methyl/N-ethyl adjacent to an activating group) is 1. The van der Waals surface area contributed by atoms with Gasteiger partial charge in [-0.2, -0.15) is 0 Å². The highest BCUT2D eigenvalue weighted by Gasteiger charge is 2.23. The Hall–Kier alpha value is -1.55. The molecular formula is C16H24N2O2. The van der Waals surface area contributed by atoms with Crippen LogP contribution < -0.4 is 10.1 Å². The number of carbonyl (C=O) groups is 1. The molecule has 1 aliphatic heterocycles. The van der Waals surface area contributed by atoms with Gasteiger partial charge in [-0.1, -0.05) is 25.1 Å². The fraction of sp³-hybridized carbons (Fsp3) is 0.562. The van der Waals surface area contributed by atoms with Crippen LogP contribution in [0.1, 0.15) is 37.8 Å². The number of piperidine rings is 1. The van der Waals surface area contributed by atoms with Crippen LogP contribution in [0.15, 0.2) is 24.3 Å². The number of para-hydroxylation sites is 1. The molecule has 1 unspecified atom stereocenters. The smallest absolute Gasteiger partial charge is 0.222 e. The number of likely N-dealkylation sites (tertiary alicyclic amines) is 1. The molecule has 1 saturated heterocycles. The molecule has 0 bridgehead atoms. The number of nitrogens with zero attached hydrogens (tertiary/aromatic N) is 1. The van der Waals surface area contributed by atoms with Gasteiger partial charge in [-0.05, 0) is 25.5 Å². The van der Waals surface area contributed by atoms with Crippen LogP contribution >= 0.6 is 0 Å². The van der Waals surface area contributed by atoms with Gasteiger partial charge in [-0.25, -0.2) is 0 Å². The van der Waals surface area contributed by atoms with Crippen molar-refractivity contribution in [2.45, 2.75) is 32.2 Å². The molecule has 1 N–H and O–H groups in total. The average molecular weight is 276 g/mol. The Labute approximate surface area is 121 Å². The van der Waals surface area contributed by atoms with Crippen LogP contribution in [-0.4, -0.2) is 37.6 Å². The van der Waals surface area contributed by atoms with Gasteiger partial charge in [0.2, 0.25) is 5.91 Å². The van der Waals surface area contributed by atoms with Crippen LogP contribution in [0.3, 0.4) is 0 Å². The lowest BCUT2D eigenvalue weighted by molar-refractivity contribution is -0.133. The van der Waals surface area contributed by atoms with E-state index in [1.165, 1.54) is 0 Å². The second kappa shape index (κ2) is 7.29. The topological polar surface area (TPSA) is 41.6 Å². The number of methoxy groups -OCH3 is 1. The summed E-state index contributed by atoms with van der Waals surface area (Å²) in [5, 5.41) is 3.47. The Balaban J connectivity index is 2.15. The van der Waals surface area contributed by atoms with Gasteiger partial charge < -0.3 is 15.0 Å². The first kappa shape index (κ1) is 14.9. The molecule has 0 aliphatic carbocycles. The summed E-state index contributed by atoms with van der Waals surface area (Å²) in [5.41, 5.74) is 1.12. The van der Waals surface area contributed by atoms with Crippen molar-refractivity contribution < 1.29 is 9.53 Å². The van der Waals surface area contributed by atoms with Crippen LogP contribution in [-0.2, 0) is 4.79 Å². The molecule has 0 saturated carbocycles. The van der Waals surface area contributed by atoms with Crippen molar-refractivity contribution in [2.75, 3.05) is 26.7 Å². The van der Waals surface area contributed by atoms with Crippen molar-refractivity contribution >= 4 is 5.91 Å². The van der Waals surface area contributed by atoms with E-state index >= 15 is 0 Å². The van der Waals surface area contributed by atoms with E-state index in [1.807, 2.05) is 23.1 Å². The number of rotatable bonds is 6. The molecule has 1 aromatic rings. The van der Waals surface area contributed by atoms with E-state index in [0.29, 0.717) is 13.0 Å². The molecule has 4 nitrogen and oxygen atoms in total. The lowest BCUT2D eigenvalue weighted by Gasteiger charge is -2.31. The minimum Gasteiger partial charge on any atom is -0.496 e. The Morgan fingerprint density at radius 2 is 2.15 bits per heavy atom. The fourth-order valence-electron chi connectivity index (χ4n) is 2.75. The Bertz CT molecular complexity index is 448. The molecule has 1 amide bonds. The number of carbonyl (C=O) groups excluding carboxylic acids is 1. The fourth-order valence-corrected chi connectivity index (χ4v) is 2.75. The molecule has 1 aliphatic rings. The number of benzene rings is 1. The number of ether oxygens (including phenoxy) is 1. The zero-order valence-corrected chi connectivity index (χ0v) is 12.4. The third kappa shape index (κ3) is 3.51. The molecule has 0 radical (unpaired) electrons. The summed E-state index contributed by atoms with van der Waals surface area (Å²) in [6.07, 6.45) is 2.82. The normalized spacial score (nSPS) is 17.1. The number of nitrogens with one attached hydrogen (secondary N) is 1. The van der Waals surface area contributed by atoms with Gasteiger partial charge in [0.25, 0.3) is 0 Å². The minimum atomic E-state index is 0.123. The third-order valence-corrected chi connectivity index (χ3v) is 3.79. The molecule has 2 rings (SSSR count). The summed E-state index contributed by atoms with van der Waals surface area (Å²) < 4.78 is 5.45. The first-order valence-electron chi connectivity index (χ1n) is 7.40. The monoisotopic (exact) mass is 276 g/mol. The minimum absolute atomic E-state index is 0.123. The first-order chi connectivity index (χ1) is 9.76. The molecule has 0 aromatic heterocycles. The number of hydrogen-bond donors (Lipinski definition) is 1. The van der Waals surface area contributed by atoms with Gasteiger partial charge in [-0.15, -0.1) is 0 Å². The summed E-state index contributed by atoms with van der Waals surface area (Å²) in [4.78, 5) is 14.0. The van der Waals surface area contributed by atoms with Crippen molar-refractivity contribution in [3.05, 3.63) is 29.8 Å². The Kier molecular flexibility index (Phi) is 5.41. The van der Waals surface area contributed by atoms with Crippen molar-refractivity contribution in [1.82, 2.24) is 10.2 Å². The van der Waals surface area contributed by atoms with Gasteiger partial charge in [0.1, 0.15) is 5.75 Å².